The van der Waals surface area contributed by atoms with Crippen molar-refractivity contribution in [1.82, 2.24) is 15.5 Å². The Morgan fingerprint density at radius 3 is 2.74 bits per heavy atom. The van der Waals surface area contributed by atoms with Gasteiger partial charge in [-0.25, -0.2) is 4.79 Å². The summed E-state index contributed by atoms with van der Waals surface area (Å²) in [6.45, 7) is 8.14. The van der Waals surface area contributed by atoms with Crippen molar-refractivity contribution in [3.8, 4) is 6.07 Å². The van der Waals surface area contributed by atoms with Gasteiger partial charge in [0, 0.05) is 26.1 Å². The van der Waals surface area contributed by atoms with Crippen LogP contribution < -0.4 is 10.6 Å². The van der Waals surface area contributed by atoms with E-state index >= 15 is 0 Å². The predicted molar refractivity (Wildman–Crippen MR) is 89.6 cm³/mol. The van der Waals surface area contributed by atoms with Crippen LogP contribution in [0.4, 0.5) is 4.79 Å². The molecule has 1 rings (SSSR count). The van der Waals surface area contributed by atoms with Gasteiger partial charge in [-0.2, -0.15) is 5.26 Å². The lowest BCUT2D eigenvalue weighted by Crippen LogP contribution is -2.47. The van der Waals surface area contributed by atoms with Gasteiger partial charge >= 0.3 is 6.03 Å². The molecular formula is C17H30N4O2. The van der Waals surface area contributed by atoms with Crippen LogP contribution in [-0.4, -0.2) is 42.5 Å². The first kappa shape index (κ1) is 19.3. The first-order valence-electron chi connectivity index (χ1n) is 8.68. The van der Waals surface area contributed by atoms with Gasteiger partial charge in [0.05, 0.1) is 6.07 Å². The number of nitrogens with zero attached hydrogens (tertiary/aromatic N) is 2. The number of carbonyl (C=O) groups is 2. The highest BCUT2D eigenvalue weighted by Gasteiger charge is 2.25. The molecule has 6 heteroatoms. The highest BCUT2D eigenvalue weighted by molar-refractivity contribution is 5.77. The molecule has 0 unspecified atom stereocenters. The molecule has 1 heterocycles. The summed E-state index contributed by atoms with van der Waals surface area (Å²) >= 11 is 0. The molecule has 2 N–H and O–H groups in total. The maximum atomic E-state index is 12.1. The van der Waals surface area contributed by atoms with Crippen LogP contribution in [0.5, 0.6) is 0 Å². The average molecular weight is 322 g/mol. The Labute approximate surface area is 139 Å². The van der Waals surface area contributed by atoms with Gasteiger partial charge in [0.1, 0.15) is 6.04 Å². The lowest BCUT2D eigenvalue weighted by molar-refractivity contribution is -0.122. The van der Waals surface area contributed by atoms with Crippen LogP contribution in [0.1, 0.15) is 52.9 Å². The molecule has 2 atom stereocenters. The average Bonchev–Trinajstić information content (AvgIpc) is 2.52. The summed E-state index contributed by atoms with van der Waals surface area (Å²) in [5, 5.41) is 14.7. The van der Waals surface area contributed by atoms with Crippen molar-refractivity contribution < 1.29 is 9.59 Å². The van der Waals surface area contributed by atoms with Gasteiger partial charge in [-0.3, -0.25) is 4.79 Å². The zero-order valence-electron chi connectivity index (χ0n) is 14.6. The zero-order chi connectivity index (χ0) is 17.2. The van der Waals surface area contributed by atoms with Gasteiger partial charge in [0.2, 0.25) is 5.91 Å². The van der Waals surface area contributed by atoms with Crippen LogP contribution in [0.25, 0.3) is 0 Å². The fraction of sp³-hybridized carbons (Fsp3) is 0.824. The van der Waals surface area contributed by atoms with E-state index in [9.17, 15) is 9.59 Å². The fourth-order valence-electron chi connectivity index (χ4n) is 2.79. The molecule has 0 spiro atoms. The molecule has 23 heavy (non-hydrogen) atoms. The lowest BCUT2D eigenvalue weighted by atomic mass is 9.94. The molecular weight excluding hydrogens is 292 g/mol. The summed E-state index contributed by atoms with van der Waals surface area (Å²) in [7, 11) is 0. The molecule has 0 bridgehead atoms. The molecule has 1 fully saturated rings. The Kier molecular flexibility index (Phi) is 8.46. The van der Waals surface area contributed by atoms with Gasteiger partial charge in [-0.1, -0.05) is 27.2 Å². The predicted octanol–water partition coefficient (Wildman–Crippen LogP) is 2.26. The van der Waals surface area contributed by atoms with Crippen molar-refractivity contribution in [1.29, 1.82) is 5.26 Å². The van der Waals surface area contributed by atoms with E-state index in [-0.39, 0.29) is 17.9 Å². The summed E-state index contributed by atoms with van der Waals surface area (Å²) < 4.78 is 0. The number of amides is 3. The topological polar surface area (TPSA) is 85.2 Å². The monoisotopic (exact) mass is 322 g/mol. The summed E-state index contributed by atoms with van der Waals surface area (Å²) in [4.78, 5) is 26.0. The molecule has 3 amide bonds. The van der Waals surface area contributed by atoms with Crippen molar-refractivity contribution in [2.45, 2.75) is 58.9 Å². The summed E-state index contributed by atoms with van der Waals surface area (Å²) in [5.41, 5.74) is 0. The molecule has 0 aromatic carbocycles. The fourth-order valence-corrected chi connectivity index (χ4v) is 2.79. The SMILES string of the molecule is CCC[C@@H](C#N)NC(=O)C[C@@H]1CCCN(C(=O)NCC(C)C)C1. The molecule has 0 radical (unpaired) electrons. The normalized spacial score (nSPS) is 19.1. The first-order valence-corrected chi connectivity index (χ1v) is 8.68. The van der Waals surface area contributed by atoms with Crippen molar-refractivity contribution in [3.63, 3.8) is 0 Å². The highest BCUT2D eigenvalue weighted by Crippen LogP contribution is 2.19. The number of urea groups is 1. The molecule has 1 aliphatic heterocycles. The van der Waals surface area contributed by atoms with Crippen molar-refractivity contribution in [3.05, 3.63) is 0 Å². The third-order valence-corrected chi connectivity index (χ3v) is 4.01. The van der Waals surface area contributed by atoms with Crippen LogP contribution in [0.2, 0.25) is 0 Å². The number of nitriles is 1. The Morgan fingerprint density at radius 2 is 2.13 bits per heavy atom. The van der Waals surface area contributed by atoms with E-state index in [2.05, 4.69) is 30.6 Å². The van der Waals surface area contributed by atoms with Crippen molar-refractivity contribution >= 4 is 11.9 Å². The molecule has 0 aliphatic carbocycles. The van der Waals surface area contributed by atoms with Crippen molar-refractivity contribution in [2.75, 3.05) is 19.6 Å². The molecule has 0 aromatic rings. The molecule has 1 aliphatic rings. The summed E-state index contributed by atoms with van der Waals surface area (Å²) in [6, 6.07) is 1.68. The van der Waals surface area contributed by atoms with Gasteiger partial charge in [-0.15, -0.1) is 0 Å². The van der Waals surface area contributed by atoms with Crippen LogP contribution in [0.15, 0.2) is 0 Å². The second kappa shape index (κ2) is 10.1. The van der Waals surface area contributed by atoms with Gasteiger partial charge in [0.15, 0.2) is 0 Å². The van der Waals surface area contributed by atoms with E-state index in [0.717, 1.165) is 25.8 Å². The van der Waals surface area contributed by atoms with E-state index in [1.54, 1.807) is 4.90 Å². The van der Waals surface area contributed by atoms with Gasteiger partial charge in [-0.05, 0) is 31.1 Å². The first-order chi connectivity index (χ1) is 11.0. The lowest BCUT2D eigenvalue weighted by Gasteiger charge is -2.32. The van der Waals surface area contributed by atoms with Gasteiger partial charge < -0.3 is 15.5 Å². The number of piperidine rings is 1. The van der Waals surface area contributed by atoms with Gasteiger partial charge in [0.25, 0.3) is 0 Å². The van der Waals surface area contributed by atoms with E-state index in [1.807, 2.05) is 6.92 Å². The molecule has 6 nitrogen and oxygen atoms in total. The minimum absolute atomic E-state index is 0.0373. The number of likely N-dealkylation sites (tertiary alicyclic amines) is 1. The number of rotatable bonds is 7. The minimum atomic E-state index is -0.401. The van der Waals surface area contributed by atoms with E-state index < -0.39 is 6.04 Å². The summed E-state index contributed by atoms with van der Waals surface area (Å²) in [5.74, 6) is 0.515. The number of hydrogen-bond acceptors (Lipinski definition) is 3. The van der Waals surface area contributed by atoms with E-state index in [0.29, 0.717) is 31.8 Å². The maximum absolute atomic E-state index is 12.1. The third kappa shape index (κ3) is 7.36. The molecule has 1 saturated heterocycles. The third-order valence-electron chi connectivity index (χ3n) is 4.01. The number of nitrogens with one attached hydrogen (secondary N) is 2. The standard InChI is InChI=1S/C17H30N4O2/c1-4-6-15(10-18)20-16(22)9-14-7-5-8-21(12-14)17(23)19-11-13(2)3/h13-15H,4-9,11-12H2,1-3H3,(H,19,23)(H,20,22)/t14-,15-/m0/s1. The smallest absolute Gasteiger partial charge is 0.317 e. The Balaban J connectivity index is 2.41. The van der Waals surface area contributed by atoms with Crippen LogP contribution in [0.3, 0.4) is 0 Å². The molecule has 130 valence electrons. The largest absolute Gasteiger partial charge is 0.340 e. The minimum Gasteiger partial charge on any atom is -0.340 e. The second-order valence-corrected chi connectivity index (χ2v) is 6.78. The van der Waals surface area contributed by atoms with Crippen LogP contribution in [-0.2, 0) is 4.79 Å². The summed E-state index contributed by atoms with van der Waals surface area (Å²) in [6.07, 6.45) is 3.80. The molecule has 0 aromatic heterocycles. The van der Waals surface area contributed by atoms with Crippen molar-refractivity contribution in [2.24, 2.45) is 11.8 Å². The Bertz CT molecular complexity index is 431. The van der Waals surface area contributed by atoms with Crippen LogP contribution in [0, 0.1) is 23.2 Å². The van der Waals surface area contributed by atoms with E-state index in [4.69, 9.17) is 5.26 Å². The molecule has 0 saturated carbocycles. The number of hydrogen-bond donors (Lipinski definition) is 2. The van der Waals surface area contributed by atoms with Crippen LogP contribution >= 0.6 is 0 Å². The second-order valence-electron chi connectivity index (χ2n) is 6.78. The Morgan fingerprint density at radius 1 is 1.39 bits per heavy atom. The maximum Gasteiger partial charge on any atom is 0.317 e. The zero-order valence-corrected chi connectivity index (χ0v) is 14.6. The Hall–Kier alpha value is -1.77. The quantitative estimate of drug-likeness (QED) is 0.754. The highest BCUT2D eigenvalue weighted by atomic mass is 16.2. The van der Waals surface area contributed by atoms with E-state index in [1.165, 1.54) is 0 Å². The number of carbonyl (C=O) groups excluding carboxylic acids is 2.